The Labute approximate surface area is 186 Å². The molecule has 0 aromatic rings. The zero-order valence-corrected chi connectivity index (χ0v) is 19.2. The van der Waals surface area contributed by atoms with Gasteiger partial charge in [0.25, 0.3) is 0 Å². The van der Waals surface area contributed by atoms with E-state index in [9.17, 15) is 14.4 Å². The van der Waals surface area contributed by atoms with Gasteiger partial charge in [0.05, 0.1) is 26.4 Å². The fourth-order valence-electron chi connectivity index (χ4n) is 4.94. The normalized spacial score (nSPS) is 22.8. The summed E-state index contributed by atoms with van der Waals surface area (Å²) in [6.07, 6.45) is 3.80. The lowest BCUT2D eigenvalue weighted by Gasteiger charge is -2.34. The SMILES string of the molecule is CCC(CC(CC(C)C(=O)N1CCCC1)C(=O)N1CCOCC1)C(=O)N1CCOCC1. The Morgan fingerprint density at radius 1 is 0.677 bits per heavy atom. The molecule has 3 atom stereocenters. The number of rotatable bonds is 8. The highest BCUT2D eigenvalue weighted by Gasteiger charge is 2.35. The molecule has 0 bridgehead atoms. The van der Waals surface area contributed by atoms with Crippen LogP contribution >= 0.6 is 0 Å². The summed E-state index contributed by atoms with van der Waals surface area (Å²) < 4.78 is 10.8. The Balaban J connectivity index is 1.69. The van der Waals surface area contributed by atoms with Crippen molar-refractivity contribution >= 4 is 17.7 Å². The number of carbonyl (C=O) groups is 3. The molecule has 3 rings (SSSR count). The molecule has 176 valence electrons. The van der Waals surface area contributed by atoms with Crippen LogP contribution < -0.4 is 0 Å². The summed E-state index contributed by atoms with van der Waals surface area (Å²) in [6.45, 7) is 10.2. The van der Waals surface area contributed by atoms with Crippen molar-refractivity contribution in [3.63, 3.8) is 0 Å². The van der Waals surface area contributed by atoms with Crippen LogP contribution in [0, 0.1) is 17.8 Å². The number of amides is 3. The topological polar surface area (TPSA) is 79.4 Å². The van der Waals surface area contributed by atoms with Crippen molar-refractivity contribution < 1.29 is 23.9 Å². The summed E-state index contributed by atoms with van der Waals surface area (Å²) in [5, 5.41) is 0. The number of carbonyl (C=O) groups excluding carboxylic acids is 3. The molecule has 31 heavy (non-hydrogen) atoms. The molecule has 8 nitrogen and oxygen atoms in total. The van der Waals surface area contributed by atoms with E-state index in [-0.39, 0.29) is 35.5 Å². The number of likely N-dealkylation sites (tertiary alicyclic amines) is 1. The lowest BCUT2D eigenvalue weighted by molar-refractivity contribution is -0.144. The van der Waals surface area contributed by atoms with E-state index < -0.39 is 0 Å². The average molecular weight is 438 g/mol. The minimum atomic E-state index is -0.324. The first kappa shape index (κ1) is 24.0. The van der Waals surface area contributed by atoms with Crippen LogP contribution in [-0.4, -0.2) is 98.1 Å². The molecule has 8 heteroatoms. The van der Waals surface area contributed by atoms with E-state index in [4.69, 9.17) is 9.47 Å². The summed E-state index contributed by atoms with van der Waals surface area (Å²) in [5.41, 5.74) is 0. The van der Waals surface area contributed by atoms with Crippen molar-refractivity contribution in [2.75, 3.05) is 65.7 Å². The van der Waals surface area contributed by atoms with Gasteiger partial charge in [-0.05, 0) is 32.1 Å². The van der Waals surface area contributed by atoms with Gasteiger partial charge < -0.3 is 24.2 Å². The van der Waals surface area contributed by atoms with Gasteiger partial charge in [-0.15, -0.1) is 0 Å². The zero-order valence-electron chi connectivity index (χ0n) is 19.2. The fraction of sp³-hybridized carbons (Fsp3) is 0.870. The van der Waals surface area contributed by atoms with Crippen LogP contribution in [0.1, 0.15) is 46.0 Å². The Bertz CT molecular complexity index is 610. The molecule has 0 N–H and O–H groups in total. The van der Waals surface area contributed by atoms with Gasteiger partial charge in [-0.25, -0.2) is 0 Å². The maximum Gasteiger partial charge on any atom is 0.225 e. The Kier molecular flexibility index (Phi) is 9.14. The van der Waals surface area contributed by atoms with E-state index in [0.717, 1.165) is 25.9 Å². The minimum absolute atomic E-state index is 0.0672. The van der Waals surface area contributed by atoms with Crippen molar-refractivity contribution in [1.29, 1.82) is 0 Å². The van der Waals surface area contributed by atoms with Gasteiger partial charge in [-0.3, -0.25) is 14.4 Å². The molecule has 3 saturated heterocycles. The lowest BCUT2D eigenvalue weighted by atomic mass is 9.84. The lowest BCUT2D eigenvalue weighted by Crippen LogP contribution is -2.47. The summed E-state index contributed by atoms with van der Waals surface area (Å²) >= 11 is 0. The number of morpholine rings is 2. The summed E-state index contributed by atoms with van der Waals surface area (Å²) in [7, 11) is 0. The van der Waals surface area contributed by atoms with Gasteiger partial charge in [0.2, 0.25) is 17.7 Å². The maximum atomic E-state index is 13.4. The van der Waals surface area contributed by atoms with Gasteiger partial charge >= 0.3 is 0 Å². The third-order valence-electron chi connectivity index (χ3n) is 6.88. The number of hydrogen-bond donors (Lipinski definition) is 0. The highest BCUT2D eigenvalue weighted by molar-refractivity contribution is 5.84. The predicted octanol–water partition coefficient (Wildman–Crippen LogP) is 1.39. The van der Waals surface area contributed by atoms with Crippen LogP contribution in [0.2, 0.25) is 0 Å². The smallest absolute Gasteiger partial charge is 0.225 e. The highest BCUT2D eigenvalue weighted by Crippen LogP contribution is 2.28. The zero-order chi connectivity index (χ0) is 22.2. The van der Waals surface area contributed by atoms with Crippen molar-refractivity contribution in [3.8, 4) is 0 Å². The Hall–Kier alpha value is -1.67. The van der Waals surface area contributed by atoms with Crippen molar-refractivity contribution in [2.24, 2.45) is 17.8 Å². The molecule has 0 radical (unpaired) electrons. The van der Waals surface area contributed by atoms with Gasteiger partial charge in [-0.1, -0.05) is 13.8 Å². The molecular weight excluding hydrogens is 398 g/mol. The third-order valence-corrected chi connectivity index (χ3v) is 6.88. The van der Waals surface area contributed by atoms with Crippen LogP contribution in [0.3, 0.4) is 0 Å². The summed E-state index contributed by atoms with van der Waals surface area (Å²) in [4.78, 5) is 45.1. The first-order valence-corrected chi connectivity index (χ1v) is 12.0. The van der Waals surface area contributed by atoms with E-state index in [1.807, 2.05) is 28.5 Å². The standard InChI is InChI=1S/C23H39N3O5/c1-3-19(22(28)25-8-12-30-13-9-25)17-20(23(29)26-10-14-31-15-11-26)16-18(2)21(27)24-6-4-5-7-24/h18-20H,3-17H2,1-2H3. The number of ether oxygens (including phenoxy) is 2. The molecule has 0 saturated carbocycles. The molecule has 0 aliphatic carbocycles. The Morgan fingerprint density at radius 3 is 1.61 bits per heavy atom. The fourth-order valence-corrected chi connectivity index (χ4v) is 4.94. The van der Waals surface area contributed by atoms with Crippen molar-refractivity contribution in [3.05, 3.63) is 0 Å². The van der Waals surface area contributed by atoms with E-state index in [1.54, 1.807) is 0 Å². The minimum Gasteiger partial charge on any atom is -0.378 e. The van der Waals surface area contributed by atoms with Crippen LogP contribution in [0.4, 0.5) is 0 Å². The van der Waals surface area contributed by atoms with Crippen molar-refractivity contribution in [2.45, 2.75) is 46.0 Å². The van der Waals surface area contributed by atoms with E-state index in [2.05, 4.69) is 0 Å². The van der Waals surface area contributed by atoms with E-state index in [1.165, 1.54) is 0 Å². The quantitative estimate of drug-likeness (QED) is 0.573. The van der Waals surface area contributed by atoms with E-state index in [0.29, 0.717) is 71.9 Å². The highest BCUT2D eigenvalue weighted by atomic mass is 16.5. The molecule has 3 aliphatic heterocycles. The first-order chi connectivity index (χ1) is 15.0. The second-order valence-corrected chi connectivity index (χ2v) is 9.08. The summed E-state index contributed by atoms with van der Waals surface area (Å²) in [5.74, 6) is -0.424. The summed E-state index contributed by atoms with van der Waals surface area (Å²) in [6, 6.07) is 0. The monoisotopic (exact) mass is 437 g/mol. The molecule has 0 aromatic heterocycles. The Morgan fingerprint density at radius 2 is 1.13 bits per heavy atom. The molecule has 3 fully saturated rings. The van der Waals surface area contributed by atoms with Crippen LogP contribution in [-0.2, 0) is 23.9 Å². The maximum absolute atomic E-state index is 13.4. The second kappa shape index (κ2) is 11.8. The molecule has 0 spiro atoms. The number of nitrogens with zero attached hydrogens (tertiary/aromatic N) is 3. The van der Waals surface area contributed by atoms with Crippen LogP contribution in [0.15, 0.2) is 0 Å². The van der Waals surface area contributed by atoms with Crippen molar-refractivity contribution in [1.82, 2.24) is 14.7 Å². The number of hydrogen-bond acceptors (Lipinski definition) is 5. The van der Waals surface area contributed by atoms with Gasteiger partial charge in [0, 0.05) is 57.0 Å². The second-order valence-electron chi connectivity index (χ2n) is 9.08. The van der Waals surface area contributed by atoms with Gasteiger partial charge in [0.15, 0.2) is 0 Å². The van der Waals surface area contributed by atoms with Gasteiger partial charge in [0.1, 0.15) is 0 Å². The molecule has 3 aliphatic rings. The van der Waals surface area contributed by atoms with Crippen LogP contribution in [0.5, 0.6) is 0 Å². The molecule has 3 unspecified atom stereocenters. The first-order valence-electron chi connectivity index (χ1n) is 12.0. The predicted molar refractivity (Wildman–Crippen MR) is 116 cm³/mol. The largest absolute Gasteiger partial charge is 0.378 e. The molecular formula is C23H39N3O5. The van der Waals surface area contributed by atoms with E-state index >= 15 is 0 Å². The molecule has 0 aromatic carbocycles. The average Bonchev–Trinajstić information content (AvgIpc) is 3.36. The van der Waals surface area contributed by atoms with Gasteiger partial charge in [-0.2, -0.15) is 0 Å². The van der Waals surface area contributed by atoms with Crippen LogP contribution in [0.25, 0.3) is 0 Å². The third kappa shape index (κ3) is 6.42. The molecule has 3 amide bonds. The molecule has 3 heterocycles.